The van der Waals surface area contributed by atoms with Crippen molar-refractivity contribution in [3.05, 3.63) is 108 Å². The van der Waals surface area contributed by atoms with Gasteiger partial charge >= 0.3 is 0 Å². The molecule has 6 heteroatoms. The van der Waals surface area contributed by atoms with Gasteiger partial charge in [0, 0.05) is 11.6 Å². The van der Waals surface area contributed by atoms with Gasteiger partial charge in [0.25, 0.3) is 0 Å². The van der Waals surface area contributed by atoms with Crippen molar-refractivity contribution in [2.45, 2.75) is 6.54 Å². The van der Waals surface area contributed by atoms with Crippen molar-refractivity contribution in [1.82, 2.24) is 9.97 Å². The summed E-state index contributed by atoms with van der Waals surface area (Å²) < 4.78 is 29.7. The summed E-state index contributed by atoms with van der Waals surface area (Å²) in [6, 6.07) is 23.7. The highest BCUT2D eigenvalue weighted by atomic mass is 19.2. The average molecular weight is 423 g/mol. The van der Waals surface area contributed by atoms with Crippen LogP contribution in [0.25, 0.3) is 33.5 Å². The Hall–Kier alpha value is -4.37. The largest absolute Gasteiger partial charge is 0.333 e. The standard InChI is InChI=1S/C26H16F2N4/c27-22-7-3-6-21(25(22)28)26-30-23-12-13-32(16-24(23)31-26)15-17-8-10-18(11-9-17)20-5-2-1-4-19(20)14-29/h1-13,16H,15H2/p+1. The van der Waals surface area contributed by atoms with Crippen LogP contribution in [0.5, 0.6) is 0 Å². The van der Waals surface area contributed by atoms with Crippen LogP contribution in [-0.2, 0) is 6.54 Å². The van der Waals surface area contributed by atoms with Crippen LogP contribution in [0.15, 0.2) is 85.2 Å². The van der Waals surface area contributed by atoms with E-state index in [1.54, 1.807) is 0 Å². The topological polar surface area (TPSA) is 56.4 Å². The minimum absolute atomic E-state index is 0.0981. The maximum Gasteiger partial charge on any atom is 0.195 e. The predicted molar refractivity (Wildman–Crippen MR) is 117 cm³/mol. The van der Waals surface area contributed by atoms with E-state index >= 15 is 0 Å². The smallest absolute Gasteiger partial charge is 0.195 e. The molecule has 0 spiro atoms. The molecular weight excluding hydrogens is 406 g/mol. The number of fused-ring (bicyclic) bond motifs is 1. The summed E-state index contributed by atoms with van der Waals surface area (Å²) in [5.74, 6) is -1.54. The number of hydrogen-bond acceptors (Lipinski definition) is 2. The number of aromatic amines is 1. The number of halogens is 2. The Morgan fingerprint density at radius 1 is 0.906 bits per heavy atom. The first-order chi connectivity index (χ1) is 15.6. The molecule has 1 N–H and O–H groups in total. The highest BCUT2D eigenvalue weighted by Crippen LogP contribution is 2.25. The molecule has 0 aliphatic heterocycles. The summed E-state index contributed by atoms with van der Waals surface area (Å²) in [4.78, 5) is 7.47. The van der Waals surface area contributed by atoms with Crippen LogP contribution in [0.2, 0.25) is 0 Å². The third kappa shape index (κ3) is 3.61. The van der Waals surface area contributed by atoms with Crippen LogP contribution in [0.3, 0.4) is 0 Å². The highest BCUT2D eigenvalue weighted by molar-refractivity contribution is 5.77. The van der Waals surface area contributed by atoms with E-state index in [-0.39, 0.29) is 11.4 Å². The lowest BCUT2D eigenvalue weighted by atomic mass is 9.99. The lowest BCUT2D eigenvalue weighted by molar-refractivity contribution is -0.687. The van der Waals surface area contributed by atoms with Gasteiger partial charge in [-0.25, -0.2) is 13.8 Å². The molecule has 154 valence electrons. The highest BCUT2D eigenvalue weighted by Gasteiger charge is 2.15. The number of pyridine rings is 1. The summed E-state index contributed by atoms with van der Waals surface area (Å²) in [7, 11) is 0. The summed E-state index contributed by atoms with van der Waals surface area (Å²) in [5, 5.41) is 9.32. The van der Waals surface area contributed by atoms with Gasteiger partial charge in [-0.15, -0.1) is 0 Å². The first-order valence-electron chi connectivity index (χ1n) is 10.0. The number of nitrogens with one attached hydrogen (secondary N) is 1. The third-order valence-electron chi connectivity index (χ3n) is 5.36. The first kappa shape index (κ1) is 19.6. The molecule has 0 amide bonds. The lowest BCUT2D eigenvalue weighted by Crippen LogP contribution is -2.33. The molecule has 0 saturated carbocycles. The van der Waals surface area contributed by atoms with Gasteiger partial charge in [0.1, 0.15) is 16.9 Å². The second-order valence-corrected chi connectivity index (χ2v) is 7.46. The Morgan fingerprint density at radius 3 is 2.50 bits per heavy atom. The fourth-order valence-electron chi connectivity index (χ4n) is 3.75. The number of benzene rings is 3. The molecular formula is C26H17F2N4+. The van der Waals surface area contributed by atoms with Crippen molar-refractivity contribution in [3.8, 4) is 28.6 Å². The van der Waals surface area contributed by atoms with Crippen LogP contribution in [0.4, 0.5) is 8.78 Å². The second kappa shape index (κ2) is 8.05. The molecule has 2 aromatic heterocycles. The van der Waals surface area contributed by atoms with Gasteiger partial charge in [-0.1, -0.05) is 48.5 Å². The number of H-pyrrole nitrogens is 1. The lowest BCUT2D eigenvalue weighted by Gasteiger charge is -2.05. The number of nitriles is 1. The molecule has 0 aliphatic rings. The van der Waals surface area contributed by atoms with E-state index in [2.05, 4.69) is 16.0 Å². The Balaban J connectivity index is 1.41. The Bertz CT molecular complexity index is 1480. The monoisotopic (exact) mass is 423 g/mol. The predicted octanol–water partition coefficient (Wildman–Crippen LogP) is 5.38. The molecule has 0 radical (unpaired) electrons. The number of rotatable bonds is 4. The second-order valence-electron chi connectivity index (χ2n) is 7.46. The summed E-state index contributed by atoms with van der Waals surface area (Å²) in [5.41, 5.74) is 5.12. The number of imidazole rings is 1. The summed E-state index contributed by atoms with van der Waals surface area (Å²) in [6.07, 6.45) is 3.79. The zero-order chi connectivity index (χ0) is 22.1. The summed E-state index contributed by atoms with van der Waals surface area (Å²) in [6.45, 7) is 0.624. The van der Waals surface area contributed by atoms with Crippen molar-refractivity contribution >= 4 is 11.0 Å². The quantitative estimate of drug-likeness (QED) is 0.395. The molecule has 3 aromatic carbocycles. The van der Waals surface area contributed by atoms with Crippen LogP contribution >= 0.6 is 0 Å². The molecule has 0 saturated heterocycles. The van der Waals surface area contributed by atoms with E-state index < -0.39 is 11.6 Å². The van der Waals surface area contributed by atoms with E-state index in [4.69, 9.17) is 0 Å². The van der Waals surface area contributed by atoms with Crippen LogP contribution < -0.4 is 4.57 Å². The van der Waals surface area contributed by atoms with E-state index in [9.17, 15) is 14.0 Å². The zero-order valence-electron chi connectivity index (χ0n) is 16.9. The van der Waals surface area contributed by atoms with Gasteiger partial charge in [-0.05, 0) is 29.3 Å². The van der Waals surface area contributed by atoms with Crippen LogP contribution in [0.1, 0.15) is 11.1 Å². The molecule has 0 bridgehead atoms. The minimum Gasteiger partial charge on any atom is -0.333 e. The molecule has 0 unspecified atom stereocenters. The molecule has 0 fully saturated rings. The zero-order valence-corrected chi connectivity index (χ0v) is 16.9. The maximum atomic E-state index is 14.1. The Kier molecular flexibility index (Phi) is 4.92. The number of hydrogen-bond donors (Lipinski definition) is 1. The number of nitrogens with zero attached hydrogens (tertiary/aromatic N) is 3. The average Bonchev–Trinajstić information content (AvgIpc) is 3.24. The molecule has 0 atom stereocenters. The molecule has 4 nitrogen and oxygen atoms in total. The van der Waals surface area contributed by atoms with Crippen molar-refractivity contribution in [2.24, 2.45) is 0 Å². The van der Waals surface area contributed by atoms with Gasteiger partial charge in [0.2, 0.25) is 0 Å². The van der Waals surface area contributed by atoms with Crippen molar-refractivity contribution in [3.63, 3.8) is 0 Å². The molecule has 32 heavy (non-hydrogen) atoms. The normalized spacial score (nSPS) is 10.9. The number of aromatic nitrogens is 3. The van der Waals surface area contributed by atoms with Crippen molar-refractivity contribution in [2.75, 3.05) is 0 Å². The molecule has 5 aromatic rings. The van der Waals surface area contributed by atoms with Gasteiger partial charge < -0.3 is 4.98 Å². The fraction of sp³-hybridized carbons (Fsp3) is 0.0385. The molecule has 0 aliphatic carbocycles. The van der Waals surface area contributed by atoms with Gasteiger partial charge in [0.05, 0.1) is 17.2 Å². The maximum absolute atomic E-state index is 14.1. The van der Waals surface area contributed by atoms with E-state index in [0.29, 0.717) is 17.6 Å². The van der Waals surface area contributed by atoms with Crippen molar-refractivity contribution < 1.29 is 13.3 Å². The molecule has 5 rings (SSSR count). The SMILES string of the molecule is N#Cc1ccccc1-c1ccc(C[n+]2ccc3nc(-c4cccc(F)c4F)[nH]c3c2)cc1. The van der Waals surface area contributed by atoms with E-state index in [1.165, 1.54) is 12.1 Å². The molecule has 2 heterocycles. The minimum atomic E-state index is -0.919. The fourth-order valence-corrected chi connectivity index (χ4v) is 3.75. The third-order valence-corrected chi connectivity index (χ3v) is 5.36. The van der Waals surface area contributed by atoms with Crippen LogP contribution in [0, 0.1) is 23.0 Å². The van der Waals surface area contributed by atoms with Gasteiger partial charge in [0.15, 0.2) is 30.6 Å². The summed E-state index contributed by atoms with van der Waals surface area (Å²) >= 11 is 0. The van der Waals surface area contributed by atoms with E-state index in [0.717, 1.165) is 28.3 Å². The first-order valence-corrected chi connectivity index (χ1v) is 10.0. The van der Waals surface area contributed by atoms with Crippen molar-refractivity contribution in [1.29, 1.82) is 5.26 Å². The Morgan fingerprint density at radius 2 is 1.69 bits per heavy atom. The van der Waals surface area contributed by atoms with E-state index in [1.807, 2.05) is 71.6 Å². The van der Waals surface area contributed by atoms with Gasteiger partial charge in [-0.3, -0.25) is 0 Å². The van der Waals surface area contributed by atoms with Crippen LogP contribution in [-0.4, -0.2) is 9.97 Å². The van der Waals surface area contributed by atoms with Gasteiger partial charge in [-0.2, -0.15) is 9.83 Å². The Labute approximate surface area is 183 Å².